The third-order valence-corrected chi connectivity index (χ3v) is 3.27. The van der Waals surface area contributed by atoms with E-state index < -0.39 is 49.6 Å². The Hall–Kier alpha value is -2.91. The van der Waals surface area contributed by atoms with Gasteiger partial charge in [0.25, 0.3) is 11.8 Å². The molecule has 134 valence electrons. The molecule has 0 bridgehead atoms. The zero-order chi connectivity index (χ0) is 18.6. The molecule has 0 aliphatic carbocycles. The number of imide groups is 1. The standard InChI is InChI=1S/C15H13F3N2O5/c16-15(17,18)8-19-11(21)7-25-13(23)6-20-12(22)5-9-3-1-2-4-10(9)14(20)24/h1-4H,5-8H2,(H,19,21). The van der Waals surface area contributed by atoms with Crippen molar-refractivity contribution in [2.45, 2.75) is 12.6 Å². The van der Waals surface area contributed by atoms with E-state index in [4.69, 9.17) is 0 Å². The fourth-order valence-electron chi connectivity index (χ4n) is 2.13. The molecule has 0 atom stereocenters. The summed E-state index contributed by atoms with van der Waals surface area (Å²) in [6, 6.07) is 6.40. The van der Waals surface area contributed by atoms with Crippen molar-refractivity contribution in [3.8, 4) is 0 Å². The van der Waals surface area contributed by atoms with Crippen LogP contribution in [0.1, 0.15) is 15.9 Å². The predicted molar refractivity (Wildman–Crippen MR) is 76.2 cm³/mol. The number of nitrogens with one attached hydrogen (secondary N) is 1. The molecule has 0 unspecified atom stereocenters. The number of alkyl halides is 3. The number of hydrogen-bond acceptors (Lipinski definition) is 5. The minimum atomic E-state index is -4.58. The lowest BCUT2D eigenvalue weighted by Crippen LogP contribution is -2.45. The Morgan fingerprint density at radius 3 is 2.56 bits per heavy atom. The third kappa shape index (κ3) is 5.03. The smallest absolute Gasteiger partial charge is 0.405 e. The number of carbonyl (C=O) groups excluding carboxylic acids is 4. The van der Waals surface area contributed by atoms with Crippen LogP contribution in [0.5, 0.6) is 0 Å². The van der Waals surface area contributed by atoms with Gasteiger partial charge in [-0.15, -0.1) is 0 Å². The van der Waals surface area contributed by atoms with Crippen LogP contribution in [-0.2, 0) is 25.5 Å². The number of halogens is 3. The molecular weight excluding hydrogens is 345 g/mol. The average molecular weight is 358 g/mol. The molecule has 10 heteroatoms. The Morgan fingerprint density at radius 1 is 1.20 bits per heavy atom. The molecule has 1 heterocycles. The van der Waals surface area contributed by atoms with Gasteiger partial charge in [-0.3, -0.25) is 24.1 Å². The highest BCUT2D eigenvalue weighted by Crippen LogP contribution is 2.19. The largest absolute Gasteiger partial charge is 0.454 e. The number of rotatable bonds is 5. The van der Waals surface area contributed by atoms with Crippen LogP contribution in [0.25, 0.3) is 0 Å². The zero-order valence-electron chi connectivity index (χ0n) is 12.8. The lowest BCUT2D eigenvalue weighted by molar-refractivity contribution is -0.153. The molecule has 0 saturated heterocycles. The van der Waals surface area contributed by atoms with E-state index >= 15 is 0 Å². The van der Waals surface area contributed by atoms with Crippen molar-refractivity contribution in [3.63, 3.8) is 0 Å². The van der Waals surface area contributed by atoms with Gasteiger partial charge in [-0.2, -0.15) is 13.2 Å². The highest BCUT2D eigenvalue weighted by molar-refractivity contribution is 6.11. The summed E-state index contributed by atoms with van der Waals surface area (Å²) < 4.78 is 40.3. The first-order valence-electron chi connectivity index (χ1n) is 7.09. The van der Waals surface area contributed by atoms with Crippen LogP contribution in [0.15, 0.2) is 24.3 Å². The summed E-state index contributed by atoms with van der Waals surface area (Å²) in [6.07, 6.45) is -4.65. The van der Waals surface area contributed by atoms with Crippen LogP contribution < -0.4 is 5.32 Å². The molecule has 1 aliphatic rings. The summed E-state index contributed by atoms with van der Waals surface area (Å²) in [5.74, 6) is -3.51. The van der Waals surface area contributed by atoms with Crippen molar-refractivity contribution >= 4 is 23.7 Å². The predicted octanol–water partition coefficient (Wildman–Crippen LogP) is 0.433. The molecule has 0 radical (unpaired) electrons. The van der Waals surface area contributed by atoms with E-state index in [0.717, 1.165) is 0 Å². The van der Waals surface area contributed by atoms with Gasteiger partial charge in [0.15, 0.2) is 6.61 Å². The van der Waals surface area contributed by atoms with Crippen molar-refractivity contribution in [1.82, 2.24) is 10.2 Å². The normalized spacial score (nSPS) is 14.1. The van der Waals surface area contributed by atoms with E-state index in [1.807, 2.05) is 0 Å². The maximum Gasteiger partial charge on any atom is 0.405 e. The van der Waals surface area contributed by atoms with Crippen LogP contribution in [0, 0.1) is 0 Å². The maximum atomic E-state index is 12.2. The summed E-state index contributed by atoms with van der Waals surface area (Å²) in [4.78, 5) is 47.6. The molecule has 0 aromatic heterocycles. The zero-order valence-corrected chi connectivity index (χ0v) is 12.8. The molecule has 7 nitrogen and oxygen atoms in total. The fourth-order valence-corrected chi connectivity index (χ4v) is 2.13. The number of esters is 1. The van der Waals surface area contributed by atoms with E-state index in [0.29, 0.717) is 10.5 Å². The molecule has 3 amide bonds. The monoisotopic (exact) mass is 358 g/mol. The molecule has 0 fully saturated rings. The Labute approximate surface area is 139 Å². The second-order valence-corrected chi connectivity index (χ2v) is 5.17. The summed E-state index contributed by atoms with van der Waals surface area (Å²) in [5.41, 5.74) is 0.812. The van der Waals surface area contributed by atoms with Crippen molar-refractivity contribution < 1.29 is 37.1 Å². The van der Waals surface area contributed by atoms with Gasteiger partial charge in [0, 0.05) is 5.56 Å². The lowest BCUT2D eigenvalue weighted by atomic mass is 9.98. The molecule has 1 aromatic carbocycles. The Bertz CT molecular complexity index is 717. The van der Waals surface area contributed by atoms with Crippen LogP contribution in [0.2, 0.25) is 0 Å². The minimum absolute atomic E-state index is 0.0682. The van der Waals surface area contributed by atoms with E-state index in [9.17, 15) is 32.3 Å². The molecule has 0 saturated carbocycles. The second-order valence-electron chi connectivity index (χ2n) is 5.17. The molecule has 1 N–H and O–H groups in total. The molecule has 1 aromatic rings. The average Bonchev–Trinajstić information content (AvgIpc) is 2.54. The van der Waals surface area contributed by atoms with Crippen LogP contribution in [0.3, 0.4) is 0 Å². The molecular formula is C15H13F3N2O5. The summed E-state index contributed by atoms with van der Waals surface area (Å²) in [7, 11) is 0. The summed E-state index contributed by atoms with van der Waals surface area (Å²) in [6.45, 7) is -3.22. The number of hydrogen-bond donors (Lipinski definition) is 1. The maximum absolute atomic E-state index is 12.2. The first-order valence-corrected chi connectivity index (χ1v) is 7.09. The van der Waals surface area contributed by atoms with Crippen molar-refractivity contribution in [2.75, 3.05) is 19.7 Å². The van der Waals surface area contributed by atoms with Gasteiger partial charge in [-0.25, -0.2) is 0 Å². The van der Waals surface area contributed by atoms with Crippen LogP contribution in [0.4, 0.5) is 13.2 Å². The van der Waals surface area contributed by atoms with E-state index in [-0.39, 0.29) is 12.0 Å². The topological polar surface area (TPSA) is 92.8 Å². The number of carbonyl (C=O) groups is 4. The third-order valence-electron chi connectivity index (χ3n) is 3.27. The quantitative estimate of drug-likeness (QED) is 0.609. The fraction of sp³-hybridized carbons (Fsp3) is 0.333. The highest BCUT2D eigenvalue weighted by atomic mass is 19.4. The van der Waals surface area contributed by atoms with E-state index in [2.05, 4.69) is 4.74 Å². The van der Waals surface area contributed by atoms with Gasteiger partial charge in [-0.1, -0.05) is 18.2 Å². The molecule has 25 heavy (non-hydrogen) atoms. The number of amides is 3. The highest BCUT2D eigenvalue weighted by Gasteiger charge is 2.32. The van der Waals surface area contributed by atoms with Crippen molar-refractivity contribution in [2.24, 2.45) is 0 Å². The van der Waals surface area contributed by atoms with Gasteiger partial charge < -0.3 is 10.1 Å². The molecule has 1 aliphatic heterocycles. The Balaban J connectivity index is 1.87. The van der Waals surface area contributed by atoms with Gasteiger partial charge in [0.2, 0.25) is 5.91 Å². The SMILES string of the molecule is O=C(COC(=O)CN1C(=O)Cc2ccccc2C1=O)NCC(F)(F)F. The van der Waals surface area contributed by atoms with E-state index in [1.165, 1.54) is 11.4 Å². The number of fused-ring (bicyclic) bond motifs is 1. The van der Waals surface area contributed by atoms with Crippen molar-refractivity contribution in [1.29, 1.82) is 0 Å². The minimum Gasteiger partial charge on any atom is -0.454 e. The van der Waals surface area contributed by atoms with Gasteiger partial charge in [-0.05, 0) is 11.6 Å². The van der Waals surface area contributed by atoms with Crippen LogP contribution >= 0.6 is 0 Å². The number of nitrogens with zero attached hydrogens (tertiary/aromatic N) is 1. The Kier molecular flexibility index (Phi) is 5.40. The summed E-state index contributed by atoms with van der Waals surface area (Å²) in [5, 5.41) is 1.52. The Morgan fingerprint density at radius 2 is 1.88 bits per heavy atom. The van der Waals surface area contributed by atoms with Gasteiger partial charge in [0.05, 0.1) is 6.42 Å². The number of ether oxygens (including phenoxy) is 1. The lowest BCUT2D eigenvalue weighted by Gasteiger charge is -2.25. The van der Waals surface area contributed by atoms with Gasteiger partial charge in [0.1, 0.15) is 13.1 Å². The number of benzene rings is 1. The second kappa shape index (κ2) is 7.32. The van der Waals surface area contributed by atoms with E-state index in [1.54, 1.807) is 18.2 Å². The van der Waals surface area contributed by atoms with Crippen LogP contribution in [-0.4, -0.2) is 54.5 Å². The van der Waals surface area contributed by atoms with Crippen molar-refractivity contribution in [3.05, 3.63) is 35.4 Å². The molecule has 0 spiro atoms. The summed E-state index contributed by atoms with van der Waals surface area (Å²) >= 11 is 0. The first kappa shape index (κ1) is 18.4. The first-order chi connectivity index (χ1) is 11.7. The van der Waals surface area contributed by atoms with Gasteiger partial charge >= 0.3 is 12.1 Å². The molecule has 2 rings (SSSR count).